The van der Waals surface area contributed by atoms with E-state index in [4.69, 9.17) is 4.74 Å². The number of hydrogen-bond donors (Lipinski definition) is 1. The topological polar surface area (TPSA) is 76.5 Å². The predicted molar refractivity (Wildman–Crippen MR) is 115 cm³/mol. The van der Waals surface area contributed by atoms with Gasteiger partial charge in [0.2, 0.25) is 0 Å². The molecule has 9 heteroatoms. The first kappa shape index (κ1) is 21.7. The Morgan fingerprint density at radius 1 is 1.23 bits per heavy atom. The van der Waals surface area contributed by atoms with Gasteiger partial charge in [0.15, 0.2) is 0 Å². The molecule has 0 spiro atoms. The summed E-state index contributed by atoms with van der Waals surface area (Å²) in [6, 6.07) is 13.0. The maximum absolute atomic E-state index is 13.1. The molecule has 3 rings (SSSR count). The summed E-state index contributed by atoms with van der Waals surface area (Å²) in [5, 5.41) is 7.56. The fourth-order valence-corrected chi connectivity index (χ4v) is 3.50. The van der Waals surface area contributed by atoms with Crippen LogP contribution in [0.1, 0.15) is 12.0 Å². The summed E-state index contributed by atoms with van der Waals surface area (Å²) in [6.45, 7) is 1.43. The van der Waals surface area contributed by atoms with Crippen LogP contribution in [0, 0.1) is 5.82 Å². The lowest BCUT2D eigenvalue weighted by Gasteiger charge is -2.10. The summed E-state index contributed by atoms with van der Waals surface area (Å²) in [6.07, 6.45) is 0.235. The molecule has 1 N–H and O–H groups in total. The van der Waals surface area contributed by atoms with Crippen molar-refractivity contribution in [3.05, 3.63) is 69.6 Å². The first-order valence-corrected chi connectivity index (χ1v) is 10.2. The average molecular weight is 431 g/mol. The number of benzene rings is 2. The van der Waals surface area contributed by atoms with E-state index in [1.807, 2.05) is 25.1 Å². The molecular weight excluding hydrogens is 407 g/mol. The van der Waals surface area contributed by atoms with E-state index in [0.717, 1.165) is 29.9 Å². The van der Waals surface area contributed by atoms with Crippen LogP contribution in [0.15, 0.2) is 53.3 Å². The maximum Gasteiger partial charge on any atom is 0.411 e. The minimum atomic E-state index is -0.518. The van der Waals surface area contributed by atoms with Crippen LogP contribution in [0.2, 0.25) is 0 Å². The van der Waals surface area contributed by atoms with Crippen LogP contribution in [0.3, 0.4) is 0 Å². The van der Waals surface area contributed by atoms with Crippen molar-refractivity contribution in [1.82, 2.24) is 14.7 Å². The Hall–Kier alpha value is -3.04. The molecule has 0 saturated heterocycles. The van der Waals surface area contributed by atoms with Gasteiger partial charge in [0.25, 0.3) is 0 Å². The standard InChI is InChI=1S/C21H23FN4O3S/c1-25(2)11-4-12-29-20(27)23-18-6-3-5-15(13-18)14-26-21(28)30-19(24-26)16-7-9-17(22)10-8-16/h3,5-10,13H,4,11-12,14H2,1-2H3,(H,23,27). The smallest absolute Gasteiger partial charge is 0.411 e. The Morgan fingerprint density at radius 2 is 2.00 bits per heavy atom. The van der Waals surface area contributed by atoms with E-state index in [-0.39, 0.29) is 17.2 Å². The number of carbonyl (C=O) groups is 1. The van der Waals surface area contributed by atoms with Crippen molar-refractivity contribution in [1.29, 1.82) is 0 Å². The third-order valence-corrected chi connectivity index (χ3v) is 5.08. The zero-order valence-corrected chi connectivity index (χ0v) is 17.6. The van der Waals surface area contributed by atoms with Crippen molar-refractivity contribution in [3.63, 3.8) is 0 Å². The molecule has 3 aromatic rings. The Balaban J connectivity index is 1.62. The molecule has 0 aliphatic heterocycles. The van der Waals surface area contributed by atoms with E-state index in [2.05, 4.69) is 10.4 Å². The Morgan fingerprint density at radius 3 is 2.73 bits per heavy atom. The second-order valence-electron chi connectivity index (χ2n) is 6.96. The van der Waals surface area contributed by atoms with Gasteiger partial charge in [-0.15, -0.1) is 0 Å². The molecule has 0 radical (unpaired) electrons. The van der Waals surface area contributed by atoms with Crippen molar-refractivity contribution < 1.29 is 13.9 Å². The van der Waals surface area contributed by atoms with Crippen molar-refractivity contribution in [2.75, 3.05) is 32.6 Å². The van der Waals surface area contributed by atoms with Crippen LogP contribution in [-0.2, 0) is 11.3 Å². The molecule has 0 fully saturated rings. The summed E-state index contributed by atoms with van der Waals surface area (Å²) in [4.78, 5) is 26.0. The van der Waals surface area contributed by atoms with Crippen LogP contribution in [0.5, 0.6) is 0 Å². The number of ether oxygens (including phenoxy) is 1. The molecule has 0 aliphatic carbocycles. The van der Waals surface area contributed by atoms with Gasteiger partial charge in [-0.1, -0.05) is 23.5 Å². The van der Waals surface area contributed by atoms with E-state index >= 15 is 0 Å². The Labute approximate surface area is 177 Å². The third kappa shape index (κ3) is 6.23. The van der Waals surface area contributed by atoms with Crippen LogP contribution >= 0.6 is 11.3 Å². The maximum atomic E-state index is 13.1. The van der Waals surface area contributed by atoms with Crippen molar-refractivity contribution >= 4 is 23.1 Å². The van der Waals surface area contributed by atoms with E-state index in [1.165, 1.54) is 16.8 Å². The number of nitrogens with one attached hydrogen (secondary N) is 1. The number of halogens is 1. The van der Waals surface area contributed by atoms with Crippen molar-refractivity contribution in [2.24, 2.45) is 0 Å². The van der Waals surface area contributed by atoms with Gasteiger partial charge in [-0.2, -0.15) is 5.10 Å². The fourth-order valence-electron chi connectivity index (χ4n) is 2.74. The average Bonchev–Trinajstić information content (AvgIpc) is 3.06. The second-order valence-corrected chi connectivity index (χ2v) is 7.90. The number of nitrogens with zero attached hydrogens (tertiary/aromatic N) is 3. The lowest BCUT2D eigenvalue weighted by molar-refractivity contribution is 0.156. The van der Waals surface area contributed by atoms with Gasteiger partial charge in [-0.25, -0.2) is 13.9 Å². The van der Waals surface area contributed by atoms with Gasteiger partial charge in [-0.3, -0.25) is 10.1 Å². The predicted octanol–water partition coefficient (Wildman–Crippen LogP) is 3.66. The second kappa shape index (κ2) is 10.1. The number of rotatable bonds is 8. The van der Waals surface area contributed by atoms with Crippen LogP contribution in [-0.4, -0.2) is 48.0 Å². The van der Waals surface area contributed by atoms with Crippen LogP contribution < -0.4 is 10.2 Å². The molecule has 1 amide bonds. The molecule has 2 aromatic carbocycles. The largest absolute Gasteiger partial charge is 0.449 e. The highest BCUT2D eigenvalue weighted by Gasteiger charge is 2.10. The summed E-state index contributed by atoms with van der Waals surface area (Å²) in [5.41, 5.74) is 2.07. The molecular formula is C21H23FN4O3S. The molecule has 1 heterocycles. The molecule has 0 aliphatic rings. The van der Waals surface area contributed by atoms with E-state index in [0.29, 0.717) is 22.9 Å². The van der Waals surface area contributed by atoms with Gasteiger partial charge in [0.05, 0.1) is 13.2 Å². The van der Waals surface area contributed by atoms with E-state index < -0.39 is 6.09 Å². The lowest BCUT2D eigenvalue weighted by atomic mass is 10.2. The van der Waals surface area contributed by atoms with Crippen molar-refractivity contribution in [2.45, 2.75) is 13.0 Å². The third-order valence-electron chi connectivity index (χ3n) is 4.19. The number of carbonyl (C=O) groups excluding carboxylic acids is 1. The highest BCUT2D eigenvalue weighted by atomic mass is 32.1. The quantitative estimate of drug-likeness (QED) is 0.552. The van der Waals surface area contributed by atoms with Crippen LogP contribution in [0.25, 0.3) is 10.6 Å². The highest BCUT2D eigenvalue weighted by molar-refractivity contribution is 7.12. The molecule has 0 bridgehead atoms. The molecule has 1 aromatic heterocycles. The monoisotopic (exact) mass is 430 g/mol. The van der Waals surface area contributed by atoms with Crippen molar-refractivity contribution in [3.8, 4) is 10.6 Å². The van der Waals surface area contributed by atoms with Gasteiger partial charge < -0.3 is 9.64 Å². The Bertz CT molecular complexity index is 1050. The summed E-state index contributed by atoms with van der Waals surface area (Å²) in [5.74, 6) is -0.342. The number of hydrogen-bond acceptors (Lipinski definition) is 6. The summed E-state index contributed by atoms with van der Waals surface area (Å²) in [7, 11) is 3.92. The van der Waals surface area contributed by atoms with E-state index in [9.17, 15) is 14.0 Å². The number of amides is 1. The summed E-state index contributed by atoms with van der Waals surface area (Å²) < 4.78 is 19.6. The molecule has 7 nitrogen and oxygen atoms in total. The first-order chi connectivity index (χ1) is 14.4. The zero-order valence-electron chi connectivity index (χ0n) is 16.8. The minimum Gasteiger partial charge on any atom is -0.449 e. The van der Waals surface area contributed by atoms with Gasteiger partial charge in [0.1, 0.15) is 10.8 Å². The molecule has 30 heavy (non-hydrogen) atoms. The zero-order chi connectivity index (χ0) is 21.5. The fraction of sp³-hybridized carbons (Fsp3) is 0.286. The first-order valence-electron chi connectivity index (χ1n) is 9.42. The normalized spacial score (nSPS) is 10.9. The van der Waals surface area contributed by atoms with Gasteiger partial charge in [0, 0.05) is 17.8 Å². The SMILES string of the molecule is CN(C)CCCOC(=O)Nc1cccc(Cn2nc(-c3ccc(F)cc3)sc2=O)c1. The highest BCUT2D eigenvalue weighted by Crippen LogP contribution is 2.20. The summed E-state index contributed by atoms with van der Waals surface area (Å²) >= 11 is 1.00. The molecule has 0 saturated carbocycles. The number of aromatic nitrogens is 2. The minimum absolute atomic E-state index is 0.215. The van der Waals surface area contributed by atoms with Crippen LogP contribution in [0.4, 0.5) is 14.9 Å². The van der Waals surface area contributed by atoms with Gasteiger partial charge in [-0.05, 0) is 62.5 Å². The Kier molecular flexibility index (Phi) is 7.31. The molecule has 158 valence electrons. The van der Waals surface area contributed by atoms with E-state index in [1.54, 1.807) is 30.3 Å². The molecule has 0 atom stereocenters. The number of anilines is 1. The lowest BCUT2D eigenvalue weighted by Crippen LogP contribution is -2.19. The molecule has 0 unspecified atom stereocenters. The van der Waals surface area contributed by atoms with Gasteiger partial charge >= 0.3 is 11.0 Å².